The Bertz CT molecular complexity index is 98.6. The summed E-state index contributed by atoms with van der Waals surface area (Å²) < 4.78 is 0. The molecule has 0 rings (SSSR count). The van der Waals surface area contributed by atoms with E-state index in [0.717, 1.165) is 0 Å². The van der Waals surface area contributed by atoms with Crippen LogP contribution in [0.3, 0.4) is 0 Å². The van der Waals surface area contributed by atoms with Gasteiger partial charge in [0.2, 0.25) is 0 Å². The van der Waals surface area contributed by atoms with E-state index in [1.165, 1.54) is 6.92 Å². The Morgan fingerprint density at radius 2 is 1.75 bits per heavy atom. The van der Waals surface area contributed by atoms with Crippen LogP contribution in [0.4, 0.5) is 0 Å². The molecule has 0 aliphatic rings. The minimum atomic E-state index is -0.345. The fraction of sp³-hybridized carbons (Fsp3) is 0.600. The Morgan fingerprint density at radius 1 is 1.38 bits per heavy atom. The van der Waals surface area contributed by atoms with Crippen molar-refractivity contribution in [2.75, 3.05) is 0 Å². The summed E-state index contributed by atoms with van der Waals surface area (Å²) in [6.07, 6.45) is 0.329. The van der Waals surface area contributed by atoms with E-state index in [1.54, 1.807) is 6.92 Å². The fourth-order valence-electron chi connectivity index (χ4n) is 0.249. The number of carbonyl (C=O) groups is 2. The van der Waals surface area contributed by atoms with Gasteiger partial charge in [0.05, 0.1) is 0 Å². The van der Waals surface area contributed by atoms with Crippen LogP contribution in [0.5, 0.6) is 0 Å². The fourth-order valence-corrected chi connectivity index (χ4v) is 0.249. The van der Waals surface area contributed by atoms with Crippen molar-refractivity contribution >= 4 is 11.6 Å². The predicted octanol–water partition coefficient (Wildman–Crippen LogP) is 0.552. The van der Waals surface area contributed by atoms with E-state index >= 15 is 0 Å². The third kappa shape index (κ3) is 4.60. The zero-order chi connectivity index (χ0) is 5.86. The number of rotatable bonds is 2. The molecule has 0 aliphatic carbocycles. The molecule has 3 heteroatoms. The molecule has 0 N–H and O–H groups in total. The summed E-state index contributed by atoms with van der Waals surface area (Å²) >= 11 is 0. The zero-order valence-electron chi connectivity index (χ0n) is 5.10. The average molecular weight is 189 g/mol. The molecule has 0 aliphatic heterocycles. The molecular formula is C5H8O2Y. The Labute approximate surface area is 73.9 Å². The van der Waals surface area contributed by atoms with Gasteiger partial charge in [-0.3, -0.25) is 9.59 Å². The van der Waals surface area contributed by atoms with Gasteiger partial charge in [0.1, 0.15) is 0 Å². The molecule has 2 nitrogen and oxygen atoms in total. The minimum absolute atomic E-state index is 0. The van der Waals surface area contributed by atoms with Crippen LogP contribution < -0.4 is 0 Å². The largest absolute Gasteiger partial charge is 0.291 e. The first-order chi connectivity index (χ1) is 3.18. The maximum absolute atomic E-state index is 10.2. The Hall–Kier alpha value is 0.444. The molecule has 0 amide bonds. The predicted molar refractivity (Wildman–Crippen MR) is 26.0 cm³/mol. The van der Waals surface area contributed by atoms with Crippen LogP contribution in [0, 0.1) is 0 Å². The third-order valence-electron chi connectivity index (χ3n) is 0.714. The van der Waals surface area contributed by atoms with Crippen molar-refractivity contribution < 1.29 is 42.3 Å². The minimum Gasteiger partial charge on any atom is -0.291 e. The van der Waals surface area contributed by atoms with Gasteiger partial charge >= 0.3 is 0 Å². The van der Waals surface area contributed by atoms with Crippen molar-refractivity contribution in [3.05, 3.63) is 0 Å². The van der Waals surface area contributed by atoms with Crippen molar-refractivity contribution in [2.45, 2.75) is 20.3 Å². The van der Waals surface area contributed by atoms with Gasteiger partial charge < -0.3 is 0 Å². The molecule has 0 aromatic heterocycles. The molecule has 1 radical (unpaired) electrons. The van der Waals surface area contributed by atoms with E-state index in [2.05, 4.69) is 0 Å². The average Bonchev–Trinajstić information content (AvgIpc) is 1.65. The molecule has 0 saturated carbocycles. The number of carbonyl (C=O) groups excluding carboxylic acids is 2. The Morgan fingerprint density at radius 3 is 1.75 bits per heavy atom. The molecule has 0 unspecified atom stereocenters. The van der Waals surface area contributed by atoms with Crippen molar-refractivity contribution in [3.63, 3.8) is 0 Å². The molecule has 0 heterocycles. The second-order valence-electron chi connectivity index (χ2n) is 1.33. The summed E-state index contributed by atoms with van der Waals surface area (Å²) in [5.41, 5.74) is 0. The molecule has 0 atom stereocenters. The molecule has 0 bridgehead atoms. The second kappa shape index (κ2) is 5.58. The van der Waals surface area contributed by atoms with Gasteiger partial charge in [-0.25, -0.2) is 0 Å². The SMILES string of the molecule is CCC(=O)C(C)=O.[Y]. The zero-order valence-corrected chi connectivity index (χ0v) is 7.94. The summed E-state index contributed by atoms with van der Waals surface area (Å²) in [5.74, 6) is -0.637. The van der Waals surface area contributed by atoms with Gasteiger partial charge in [-0.2, -0.15) is 0 Å². The van der Waals surface area contributed by atoms with Crippen LogP contribution in [0.2, 0.25) is 0 Å². The van der Waals surface area contributed by atoms with Gasteiger partial charge in [0, 0.05) is 46.1 Å². The summed E-state index contributed by atoms with van der Waals surface area (Å²) in [4.78, 5) is 20.2. The van der Waals surface area contributed by atoms with Gasteiger partial charge in [-0.05, 0) is 0 Å². The molecule has 0 aromatic rings. The molecule has 0 saturated heterocycles. The first-order valence-corrected chi connectivity index (χ1v) is 2.22. The Balaban J connectivity index is 0. The van der Waals surface area contributed by atoms with Crippen LogP contribution in [-0.4, -0.2) is 11.6 Å². The van der Waals surface area contributed by atoms with Crippen molar-refractivity contribution in [2.24, 2.45) is 0 Å². The van der Waals surface area contributed by atoms with E-state index in [0.29, 0.717) is 6.42 Å². The maximum Gasteiger partial charge on any atom is 0.197 e. The number of hydrogen-bond donors (Lipinski definition) is 0. The Kier molecular flexibility index (Phi) is 7.86. The van der Waals surface area contributed by atoms with Crippen LogP contribution in [-0.2, 0) is 42.3 Å². The monoisotopic (exact) mass is 189 g/mol. The van der Waals surface area contributed by atoms with Crippen molar-refractivity contribution in [1.82, 2.24) is 0 Å². The van der Waals surface area contributed by atoms with Gasteiger partial charge in [-0.1, -0.05) is 6.92 Å². The first-order valence-electron chi connectivity index (χ1n) is 2.22. The van der Waals surface area contributed by atoms with Crippen molar-refractivity contribution in [1.29, 1.82) is 0 Å². The van der Waals surface area contributed by atoms with E-state index < -0.39 is 0 Å². The number of ketones is 2. The molecule has 43 valence electrons. The topological polar surface area (TPSA) is 34.1 Å². The standard InChI is InChI=1S/C5H8O2.Y/c1-3-5(7)4(2)6;/h3H2,1-2H3;. The second-order valence-corrected chi connectivity index (χ2v) is 1.33. The number of hydrogen-bond acceptors (Lipinski definition) is 2. The van der Waals surface area contributed by atoms with Crippen molar-refractivity contribution in [3.8, 4) is 0 Å². The van der Waals surface area contributed by atoms with Gasteiger partial charge in [0.25, 0.3) is 0 Å². The third-order valence-corrected chi connectivity index (χ3v) is 0.714. The van der Waals surface area contributed by atoms with Crippen LogP contribution in [0.1, 0.15) is 20.3 Å². The number of Topliss-reactive ketones (excluding diaryl/α,β-unsaturated/α-hetero) is 2. The first kappa shape index (κ1) is 11.3. The van der Waals surface area contributed by atoms with E-state index in [4.69, 9.17) is 0 Å². The molecular weight excluding hydrogens is 181 g/mol. The molecule has 0 spiro atoms. The van der Waals surface area contributed by atoms with Gasteiger partial charge in [-0.15, -0.1) is 0 Å². The van der Waals surface area contributed by atoms with Crippen LogP contribution in [0.25, 0.3) is 0 Å². The molecule has 8 heavy (non-hydrogen) atoms. The molecule has 0 fully saturated rings. The maximum atomic E-state index is 10.2. The summed E-state index contributed by atoms with van der Waals surface area (Å²) in [7, 11) is 0. The van der Waals surface area contributed by atoms with E-state index in [1.807, 2.05) is 0 Å². The molecule has 0 aromatic carbocycles. The van der Waals surface area contributed by atoms with E-state index in [9.17, 15) is 9.59 Å². The van der Waals surface area contributed by atoms with E-state index in [-0.39, 0.29) is 44.3 Å². The smallest absolute Gasteiger partial charge is 0.197 e. The summed E-state index contributed by atoms with van der Waals surface area (Å²) in [5, 5.41) is 0. The summed E-state index contributed by atoms with van der Waals surface area (Å²) in [6, 6.07) is 0. The summed E-state index contributed by atoms with van der Waals surface area (Å²) in [6.45, 7) is 2.95. The van der Waals surface area contributed by atoms with Crippen LogP contribution >= 0.6 is 0 Å². The van der Waals surface area contributed by atoms with Gasteiger partial charge in [0.15, 0.2) is 11.6 Å². The van der Waals surface area contributed by atoms with Crippen LogP contribution in [0.15, 0.2) is 0 Å². The quantitative estimate of drug-likeness (QED) is 0.594. The normalized spacial score (nSPS) is 7.25.